The number of Topliss-reactive ketones (excluding diaryl/α,β-unsaturated/α-hetero) is 1. The molecule has 4 rings (SSSR count). The minimum absolute atomic E-state index is 0.0102. The number of rotatable bonds is 1. The fourth-order valence-electron chi connectivity index (χ4n) is 3.14. The Labute approximate surface area is 116 Å². The van der Waals surface area contributed by atoms with E-state index in [4.69, 9.17) is 0 Å². The first-order valence-electron chi connectivity index (χ1n) is 6.91. The molecular formula is C17H14N2O. The van der Waals surface area contributed by atoms with E-state index in [0.29, 0.717) is 0 Å². The zero-order valence-electron chi connectivity index (χ0n) is 11.3. The van der Waals surface area contributed by atoms with E-state index in [0.717, 1.165) is 40.8 Å². The Morgan fingerprint density at radius 2 is 2.15 bits per heavy atom. The Morgan fingerprint density at radius 3 is 3.00 bits per heavy atom. The number of allylic oxidation sites excluding steroid dienone is 3. The SMILES string of the molecule is CCC1=C2N=CC(=O)c3c2n(c2ccccc32)CC=C1. The highest BCUT2D eigenvalue weighted by molar-refractivity contribution is 6.41. The molecular weight excluding hydrogens is 248 g/mol. The van der Waals surface area contributed by atoms with Gasteiger partial charge in [-0.25, -0.2) is 0 Å². The molecule has 0 atom stereocenters. The van der Waals surface area contributed by atoms with E-state index in [1.807, 2.05) is 18.2 Å². The van der Waals surface area contributed by atoms with Crippen LogP contribution in [0.2, 0.25) is 0 Å². The van der Waals surface area contributed by atoms with Crippen molar-refractivity contribution in [3.05, 3.63) is 53.2 Å². The molecule has 2 aromatic rings. The van der Waals surface area contributed by atoms with Crippen molar-refractivity contribution in [3.63, 3.8) is 0 Å². The third-order valence-electron chi connectivity index (χ3n) is 4.04. The van der Waals surface area contributed by atoms with E-state index in [1.54, 1.807) is 0 Å². The summed E-state index contributed by atoms with van der Waals surface area (Å²) in [7, 11) is 0. The maximum absolute atomic E-state index is 12.3. The third kappa shape index (κ3) is 1.35. The lowest BCUT2D eigenvalue weighted by molar-refractivity contribution is 0.107. The quantitative estimate of drug-likeness (QED) is 0.773. The number of fused-ring (bicyclic) bond motifs is 3. The number of nitrogens with zero attached hydrogens (tertiary/aromatic N) is 2. The molecule has 0 bridgehead atoms. The van der Waals surface area contributed by atoms with Gasteiger partial charge in [-0.3, -0.25) is 9.79 Å². The average Bonchev–Trinajstić information content (AvgIpc) is 2.69. The summed E-state index contributed by atoms with van der Waals surface area (Å²) in [6, 6.07) is 8.10. The number of hydrogen-bond acceptors (Lipinski definition) is 2. The van der Waals surface area contributed by atoms with Crippen molar-refractivity contribution in [1.82, 2.24) is 4.57 Å². The maximum Gasteiger partial charge on any atom is 0.206 e. The molecule has 2 aliphatic rings. The standard InChI is InChI=1S/C17H14N2O/c1-2-11-6-5-9-19-13-8-4-3-7-12(13)15-14(20)10-18-16(11)17(15)19/h3-8,10H,2,9H2,1H3. The van der Waals surface area contributed by atoms with Crippen molar-refractivity contribution in [2.75, 3.05) is 0 Å². The molecule has 0 spiro atoms. The zero-order valence-corrected chi connectivity index (χ0v) is 11.3. The summed E-state index contributed by atoms with van der Waals surface area (Å²) in [6.45, 7) is 2.91. The predicted molar refractivity (Wildman–Crippen MR) is 81.1 cm³/mol. The third-order valence-corrected chi connectivity index (χ3v) is 4.04. The molecule has 0 fully saturated rings. The molecule has 3 heteroatoms. The van der Waals surface area contributed by atoms with Crippen molar-refractivity contribution >= 4 is 28.6 Å². The fourth-order valence-corrected chi connectivity index (χ4v) is 3.14. The van der Waals surface area contributed by atoms with Crippen LogP contribution in [0.5, 0.6) is 0 Å². The van der Waals surface area contributed by atoms with Crippen molar-refractivity contribution in [2.45, 2.75) is 19.9 Å². The van der Waals surface area contributed by atoms with E-state index >= 15 is 0 Å². The van der Waals surface area contributed by atoms with Crippen LogP contribution in [-0.4, -0.2) is 16.6 Å². The summed E-state index contributed by atoms with van der Waals surface area (Å²) in [5.41, 5.74) is 5.04. The number of ketones is 1. The van der Waals surface area contributed by atoms with Crippen LogP contribution in [0.3, 0.4) is 0 Å². The molecule has 0 saturated carbocycles. The molecule has 1 aromatic heterocycles. The molecule has 98 valence electrons. The van der Waals surface area contributed by atoms with Crippen LogP contribution in [0.1, 0.15) is 29.4 Å². The molecule has 0 radical (unpaired) electrons. The minimum atomic E-state index is 0.0102. The van der Waals surface area contributed by atoms with E-state index in [-0.39, 0.29) is 5.78 Å². The van der Waals surface area contributed by atoms with Gasteiger partial charge in [0.2, 0.25) is 5.78 Å². The summed E-state index contributed by atoms with van der Waals surface area (Å²) in [5, 5.41) is 1.03. The fraction of sp³-hybridized carbons (Fsp3) is 0.176. The zero-order chi connectivity index (χ0) is 13.7. The first kappa shape index (κ1) is 11.4. The number of carbonyl (C=O) groups excluding carboxylic acids is 1. The number of aromatic nitrogens is 1. The molecule has 0 amide bonds. The Balaban J connectivity index is 2.21. The second-order valence-corrected chi connectivity index (χ2v) is 5.10. The largest absolute Gasteiger partial charge is 0.335 e. The van der Waals surface area contributed by atoms with Crippen LogP contribution >= 0.6 is 0 Å². The van der Waals surface area contributed by atoms with Crippen LogP contribution in [0.25, 0.3) is 16.6 Å². The van der Waals surface area contributed by atoms with Gasteiger partial charge in [0.15, 0.2) is 0 Å². The molecule has 0 saturated heterocycles. The highest BCUT2D eigenvalue weighted by Crippen LogP contribution is 2.37. The monoisotopic (exact) mass is 262 g/mol. The Hall–Kier alpha value is -2.42. The molecule has 0 unspecified atom stereocenters. The van der Waals surface area contributed by atoms with Crippen molar-refractivity contribution in [2.24, 2.45) is 4.99 Å². The van der Waals surface area contributed by atoms with E-state index < -0.39 is 0 Å². The van der Waals surface area contributed by atoms with Gasteiger partial charge in [0.05, 0.1) is 23.2 Å². The molecule has 3 heterocycles. The van der Waals surface area contributed by atoms with Crippen molar-refractivity contribution in [1.29, 1.82) is 0 Å². The van der Waals surface area contributed by atoms with Gasteiger partial charge in [-0.1, -0.05) is 37.3 Å². The smallest absolute Gasteiger partial charge is 0.206 e. The number of aliphatic imine (C=N–C) groups is 1. The van der Waals surface area contributed by atoms with Crippen molar-refractivity contribution in [3.8, 4) is 0 Å². The molecule has 0 aliphatic carbocycles. The van der Waals surface area contributed by atoms with Gasteiger partial charge in [-0.2, -0.15) is 0 Å². The summed E-state index contributed by atoms with van der Waals surface area (Å²) < 4.78 is 2.20. The van der Waals surface area contributed by atoms with Crippen molar-refractivity contribution < 1.29 is 4.79 Å². The van der Waals surface area contributed by atoms with Gasteiger partial charge >= 0.3 is 0 Å². The lowest BCUT2D eigenvalue weighted by atomic mass is 9.99. The lowest BCUT2D eigenvalue weighted by Crippen LogP contribution is -2.11. The molecule has 2 aliphatic heterocycles. The predicted octanol–water partition coefficient (Wildman–Crippen LogP) is 3.60. The summed E-state index contributed by atoms with van der Waals surface area (Å²) in [4.78, 5) is 16.7. The van der Waals surface area contributed by atoms with Crippen LogP contribution in [-0.2, 0) is 6.54 Å². The van der Waals surface area contributed by atoms with Gasteiger partial charge in [0, 0.05) is 17.4 Å². The van der Waals surface area contributed by atoms with E-state index in [2.05, 4.69) is 34.7 Å². The number of para-hydroxylation sites is 1. The van der Waals surface area contributed by atoms with Gasteiger partial charge in [-0.05, 0) is 18.1 Å². The number of carbonyl (C=O) groups is 1. The molecule has 1 aromatic carbocycles. The number of benzene rings is 1. The molecule has 3 nitrogen and oxygen atoms in total. The van der Waals surface area contributed by atoms with Gasteiger partial charge in [-0.15, -0.1) is 0 Å². The van der Waals surface area contributed by atoms with Gasteiger partial charge in [0.25, 0.3) is 0 Å². The first-order valence-corrected chi connectivity index (χ1v) is 6.91. The van der Waals surface area contributed by atoms with Crippen LogP contribution in [0.15, 0.2) is 47.0 Å². The van der Waals surface area contributed by atoms with Crippen LogP contribution in [0.4, 0.5) is 0 Å². The summed E-state index contributed by atoms with van der Waals surface area (Å²) >= 11 is 0. The van der Waals surface area contributed by atoms with Gasteiger partial charge in [0.1, 0.15) is 0 Å². The average molecular weight is 262 g/mol. The lowest BCUT2D eigenvalue weighted by Gasteiger charge is -2.13. The summed E-state index contributed by atoms with van der Waals surface area (Å²) in [6.07, 6.45) is 6.66. The molecule has 0 N–H and O–H groups in total. The minimum Gasteiger partial charge on any atom is -0.335 e. The second kappa shape index (κ2) is 4.04. The normalized spacial score (nSPS) is 16.8. The van der Waals surface area contributed by atoms with E-state index in [9.17, 15) is 4.79 Å². The van der Waals surface area contributed by atoms with E-state index in [1.165, 1.54) is 11.8 Å². The maximum atomic E-state index is 12.3. The number of hydrogen-bond donors (Lipinski definition) is 0. The Morgan fingerprint density at radius 1 is 1.30 bits per heavy atom. The first-order chi connectivity index (χ1) is 9.81. The molecule has 20 heavy (non-hydrogen) atoms. The highest BCUT2D eigenvalue weighted by Gasteiger charge is 2.28. The summed E-state index contributed by atoms with van der Waals surface area (Å²) in [5.74, 6) is 0.0102. The Kier molecular flexibility index (Phi) is 2.30. The topological polar surface area (TPSA) is 34.4 Å². The highest BCUT2D eigenvalue weighted by atomic mass is 16.1. The van der Waals surface area contributed by atoms with Gasteiger partial charge < -0.3 is 4.57 Å². The second-order valence-electron chi connectivity index (χ2n) is 5.10. The Bertz CT molecular complexity index is 834. The van der Waals surface area contributed by atoms with Crippen LogP contribution in [0, 0.1) is 0 Å². The van der Waals surface area contributed by atoms with Crippen LogP contribution < -0.4 is 0 Å².